The van der Waals surface area contributed by atoms with Crippen LogP contribution in [0.3, 0.4) is 0 Å². The summed E-state index contributed by atoms with van der Waals surface area (Å²) in [6, 6.07) is 16.0. The molecule has 0 N–H and O–H groups in total. The van der Waals surface area contributed by atoms with Gasteiger partial charge in [0.2, 0.25) is 0 Å². The number of halogens is 1. The monoisotopic (exact) mass is 485 g/mol. The molecule has 0 radical (unpaired) electrons. The molecule has 0 bridgehead atoms. The van der Waals surface area contributed by atoms with Crippen LogP contribution in [0.2, 0.25) is 0 Å². The number of fused-ring (bicyclic) bond motifs is 3. The summed E-state index contributed by atoms with van der Waals surface area (Å²) in [6.07, 6.45) is 0. The first kappa shape index (κ1) is 13.0. The predicted octanol–water partition coefficient (Wildman–Crippen LogP) is 10.3. The molecule has 7 rings (SSSR count). The molecule has 0 aromatic heterocycles. The lowest BCUT2D eigenvalue weighted by molar-refractivity contribution is 0.628. The quantitative estimate of drug-likeness (QED) is 0.218. The van der Waals surface area contributed by atoms with E-state index in [2.05, 4.69) is 0 Å². The molecule has 0 fully saturated rings. The lowest BCUT2D eigenvalue weighted by Crippen LogP contribution is -1.91. The van der Waals surface area contributed by atoms with Crippen LogP contribution in [0.1, 0.15) is 15.1 Å². The van der Waals surface area contributed by atoms with E-state index in [1.807, 2.05) is 48.5 Å². The minimum absolute atomic E-state index is 0.00324. The Morgan fingerprint density at radius 1 is 0.459 bits per heavy atom. The number of hydrogen-bond acceptors (Lipinski definition) is 0. The fraction of sp³-hybridized carbons (Fsp3) is 0. The van der Waals surface area contributed by atoms with E-state index in [1.54, 1.807) is 24.3 Å². The first-order valence-corrected chi connectivity index (χ1v) is 11.7. The smallest absolute Gasteiger partial charge is 0.123 e. The summed E-state index contributed by atoms with van der Waals surface area (Å²) in [5.41, 5.74) is 2.37. The molecule has 0 aliphatic rings. The van der Waals surface area contributed by atoms with Crippen molar-refractivity contribution in [3.63, 3.8) is 0 Å². The first-order valence-electron chi connectivity index (χ1n) is 17.2. The molecule has 1 heteroatoms. The van der Waals surface area contributed by atoms with Crippen molar-refractivity contribution in [3.05, 3.63) is 145 Å². The Kier molecular flexibility index (Phi) is 3.06. The normalized spacial score (nSPS) is 15.5. The van der Waals surface area contributed by atoms with E-state index in [0.29, 0.717) is 21.9 Å². The Morgan fingerprint density at radius 3 is 1.73 bits per heavy atom. The van der Waals surface area contributed by atoms with Gasteiger partial charge in [-0.1, -0.05) is 127 Å². The van der Waals surface area contributed by atoms with Gasteiger partial charge in [-0.25, -0.2) is 4.39 Å². The summed E-state index contributed by atoms with van der Waals surface area (Å²) in [7, 11) is 0. The van der Waals surface area contributed by atoms with Gasteiger partial charge >= 0.3 is 0 Å². The molecule has 0 nitrogen and oxygen atoms in total. The molecular weight excluding hydrogens is 451 g/mol. The van der Waals surface area contributed by atoms with Gasteiger partial charge in [-0.15, -0.1) is 0 Å². The Labute approximate surface area is 230 Å². The van der Waals surface area contributed by atoms with E-state index in [1.165, 1.54) is 0 Å². The van der Waals surface area contributed by atoms with Crippen molar-refractivity contribution in [1.29, 1.82) is 0 Å². The molecule has 0 spiro atoms. The van der Waals surface area contributed by atoms with E-state index in [9.17, 15) is 4.39 Å². The molecule has 0 amide bonds. The lowest BCUT2D eigenvalue weighted by Gasteiger charge is -2.19. The van der Waals surface area contributed by atoms with Gasteiger partial charge in [0.25, 0.3) is 0 Å². The van der Waals surface area contributed by atoms with Crippen molar-refractivity contribution in [2.75, 3.05) is 0 Å². The standard InChI is InChI=1S/C36H23F/c37-28-12-7-11-27(23-28)24-19-21-26(22-20-24)35-31-14-3-5-16-33(31)36(34-17-6-4-15-32(34)35)30-18-8-10-25-9-1-2-13-29(25)30/h1-23H/i1D,2D,7D,8D,9D,10D,11D,12D,13D,18D,23D. The molecular formula is C36H23F. The van der Waals surface area contributed by atoms with Crippen LogP contribution in [0.5, 0.6) is 0 Å². The van der Waals surface area contributed by atoms with Crippen LogP contribution in [-0.2, 0) is 0 Å². The SMILES string of the molecule is [2H]c1c([2H])c(F)c([2H])c(-c2ccc(-c3c4ccccc4c(-c4c([2H])c([2H])c([2H])c5c([2H])c([2H])c([2H])c([2H])c45)c4ccccc34)cc2)c1[2H]. The molecule has 0 heterocycles. The molecule has 0 saturated heterocycles. The van der Waals surface area contributed by atoms with Gasteiger partial charge in [0.1, 0.15) is 5.82 Å². The van der Waals surface area contributed by atoms with Gasteiger partial charge in [0, 0.05) is 0 Å². The van der Waals surface area contributed by atoms with Gasteiger partial charge in [-0.05, 0) is 77.8 Å². The summed E-state index contributed by atoms with van der Waals surface area (Å²) in [6.45, 7) is 0. The van der Waals surface area contributed by atoms with Crippen molar-refractivity contribution < 1.29 is 19.5 Å². The number of hydrogen-bond donors (Lipinski definition) is 0. The summed E-state index contributed by atoms with van der Waals surface area (Å²) in [4.78, 5) is 0. The van der Waals surface area contributed by atoms with E-state index in [-0.39, 0.29) is 27.9 Å². The minimum atomic E-state index is -1.16. The molecule has 0 saturated carbocycles. The molecule has 7 aromatic rings. The van der Waals surface area contributed by atoms with Crippen LogP contribution < -0.4 is 0 Å². The van der Waals surface area contributed by atoms with Crippen LogP contribution in [0.15, 0.2) is 139 Å². The van der Waals surface area contributed by atoms with Gasteiger partial charge in [0.05, 0.1) is 15.1 Å². The summed E-state index contributed by atoms with van der Waals surface area (Å²) < 4.78 is 107. The van der Waals surface area contributed by atoms with E-state index >= 15 is 0 Å². The van der Waals surface area contributed by atoms with Crippen molar-refractivity contribution in [3.8, 4) is 33.4 Å². The van der Waals surface area contributed by atoms with Crippen LogP contribution in [0.4, 0.5) is 4.39 Å². The highest BCUT2D eigenvalue weighted by Gasteiger charge is 2.17. The largest absolute Gasteiger partial charge is 0.207 e. The summed E-state index contributed by atoms with van der Waals surface area (Å²) in [5.74, 6) is -1.16. The second kappa shape index (κ2) is 8.72. The maximum Gasteiger partial charge on any atom is 0.123 e. The van der Waals surface area contributed by atoms with Gasteiger partial charge in [-0.2, -0.15) is 0 Å². The maximum atomic E-state index is 14.6. The van der Waals surface area contributed by atoms with Crippen LogP contribution >= 0.6 is 0 Å². The van der Waals surface area contributed by atoms with Crippen LogP contribution in [0, 0.1) is 5.82 Å². The van der Waals surface area contributed by atoms with E-state index < -0.39 is 66.2 Å². The zero-order valence-electron chi connectivity index (χ0n) is 30.3. The summed E-state index contributed by atoms with van der Waals surface area (Å²) in [5, 5.41) is 2.62. The van der Waals surface area contributed by atoms with Gasteiger partial charge in [0.15, 0.2) is 0 Å². The predicted molar refractivity (Wildman–Crippen MR) is 155 cm³/mol. The maximum absolute atomic E-state index is 14.6. The highest BCUT2D eigenvalue weighted by atomic mass is 19.1. The molecule has 0 atom stereocenters. The third-order valence-corrected chi connectivity index (χ3v) is 6.55. The Balaban J connectivity index is 1.58. The first-order chi connectivity index (χ1) is 22.9. The number of rotatable bonds is 3. The van der Waals surface area contributed by atoms with Gasteiger partial charge in [-0.3, -0.25) is 0 Å². The second-order valence-electron chi connectivity index (χ2n) is 8.61. The highest BCUT2D eigenvalue weighted by molar-refractivity contribution is 6.23. The molecule has 0 aliphatic heterocycles. The Morgan fingerprint density at radius 2 is 1.03 bits per heavy atom. The van der Waals surface area contributed by atoms with Crippen LogP contribution in [-0.4, -0.2) is 0 Å². The zero-order valence-corrected chi connectivity index (χ0v) is 19.3. The third kappa shape index (κ3) is 3.59. The average Bonchev–Trinajstić information content (AvgIpc) is 3.10. The fourth-order valence-corrected chi connectivity index (χ4v) is 4.98. The molecule has 174 valence electrons. The van der Waals surface area contributed by atoms with Crippen LogP contribution in [0.25, 0.3) is 65.7 Å². The molecule has 7 aromatic carbocycles. The van der Waals surface area contributed by atoms with Crippen molar-refractivity contribution in [2.24, 2.45) is 0 Å². The Bertz CT molecular complexity index is 2430. The summed E-state index contributed by atoms with van der Waals surface area (Å²) >= 11 is 0. The van der Waals surface area contributed by atoms with Crippen molar-refractivity contribution >= 4 is 32.3 Å². The molecule has 37 heavy (non-hydrogen) atoms. The topological polar surface area (TPSA) is 0 Å². The second-order valence-corrected chi connectivity index (χ2v) is 8.61. The fourth-order valence-electron chi connectivity index (χ4n) is 4.98. The van der Waals surface area contributed by atoms with Crippen molar-refractivity contribution in [2.45, 2.75) is 0 Å². The minimum Gasteiger partial charge on any atom is -0.207 e. The highest BCUT2D eigenvalue weighted by Crippen LogP contribution is 2.45. The Hall–Kier alpha value is -4.75. The molecule has 0 aliphatic carbocycles. The number of benzene rings is 7. The molecule has 0 unspecified atom stereocenters. The lowest BCUT2D eigenvalue weighted by atomic mass is 9.84. The third-order valence-electron chi connectivity index (χ3n) is 6.55. The van der Waals surface area contributed by atoms with Crippen molar-refractivity contribution in [1.82, 2.24) is 0 Å². The van der Waals surface area contributed by atoms with E-state index in [4.69, 9.17) is 15.1 Å². The van der Waals surface area contributed by atoms with Gasteiger partial charge < -0.3 is 0 Å². The zero-order chi connectivity index (χ0) is 34.3. The van der Waals surface area contributed by atoms with E-state index in [0.717, 1.165) is 21.9 Å². The average molecular weight is 486 g/mol.